The molecule has 1 aromatic heterocycles. The van der Waals surface area contributed by atoms with E-state index in [0.717, 1.165) is 56.3 Å². The highest BCUT2D eigenvalue weighted by atomic mass is 35.5. The Labute approximate surface area is 401 Å². The van der Waals surface area contributed by atoms with Crippen molar-refractivity contribution < 1.29 is 19.8 Å². The third-order valence-corrected chi connectivity index (χ3v) is 14.6. The largest absolute Gasteiger partial charge is 0.508 e. The predicted octanol–water partition coefficient (Wildman–Crippen LogP) is 10.4. The number of nitrogens with one attached hydrogen (secondary N) is 1. The van der Waals surface area contributed by atoms with Gasteiger partial charge in [-0.3, -0.25) is 24.4 Å². The molecule has 1 amide bonds. The van der Waals surface area contributed by atoms with Gasteiger partial charge in [0, 0.05) is 61.7 Å². The number of benzene rings is 3. The van der Waals surface area contributed by atoms with Crippen LogP contribution in [0.1, 0.15) is 110 Å². The van der Waals surface area contributed by atoms with Gasteiger partial charge in [0.15, 0.2) is 17.4 Å². The minimum atomic E-state index is -0.267. The van der Waals surface area contributed by atoms with Gasteiger partial charge in [0.2, 0.25) is 5.91 Å². The van der Waals surface area contributed by atoms with E-state index in [9.17, 15) is 19.8 Å². The van der Waals surface area contributed by atoms with E-state index in [2.05, 4.69) is 64.4 Å². The maximum Gasteiger partial charge on any atom is 0.227 e. The Hall–Kier alpha value is -5.15. The van der Waals surface area contributed by atoms with Crippen LogP contribution in [0.15, 0.2) is 82.3 Å². The minimum Gasteiger partial charge on any atom is -0.508 e. The number of amidine groups is 1. The lowest BCUT2D eigenvalue weighted by atomic mass is 9.80. The number of aliphatic imine (C=N–C) groups is 1. The van der Waals surface area contributed by atoms with Crippen molar-refractivity contribution in [1.29, 1.82) is 0 Å². The zero-order chi connectivity index (χ0) is 48.3. The van der Waals surface area contributed by atoms with Crippen LogP contribution in [-0.4, -0.2) is 82.4 Å². The van der Waals surface area contributed by atoms with E-state index in [1.165, 1.54) is 44.6 Å². The van der Waals surface area contributed by atoms with Gasteiger partial charge in [-0.05, 0) is 104 Å². The van der Waals surface area contributed by atoms with Crippen LogP contribution in [-0.2, 0) is 16.1 Å². The molecule has 3 aromatic carbocycles. The van der Waals surface area contributed by atoms with Gasteiger partial charge in [0.25, 0.3) is 0 Å². The standard InChI is InChI=1S/C45H56ClN9O4S.C6H14/c1-27(2)33-22-34(37(58)23-36(33)57)28(3)55(42(49-6)29(4)56)32-12-10-30(11-13-32)25-53-18-14-31(15-19-53)43(59)51-35-8-7-9-38(40(35)46)60-44-41(48)52-39(24-50-44)54-20-16-45(5,26-47)17-21-54;1-4-6(3)5-2/h7-13,22-24,27,31,57-58H,3,14-21,25-26,47H2,1-2,4-6H3,(H2,48,52)(H,51,59);6H,4-5H2,1-3H3. The Balaban J connectivity index is 0.00000127. The van der Waals surface area contributed by atoms with Crippen LogP contribution >= 0.6 is 23.4 Å². The molecule has 2 aliphatic rings. The molecule has 0 atom stereocenters. The van der Waals surface area contributed by atoms with E-state index in [4.69, 9.17) is 23.1 Å². The Bertz CT molecular complexity index is 2340. The fourth-order valence-corrected chi connectivity index (χ4v) is 9.10. The lowest BCUT2D eigenvalue weighted by molar-refractivity contribution is -0.121. The molecule has 0 bridgehead atoms. The normalized spacial score (nSPS) is 15.6. The number of aromatic hydroxyl groups is 2. The molecule has 7 N–H and O–H groups in total. The quantitative estimate of drug-likeness (QED) is 0.0562. The van der Waals surface area contributed by atoms with Gasteiger partial charge < -0.3 is 31.9 Å². The maximum absolute atomic E-state index is 13.5. The molecular weight excluding hydrogens is 870 g/mol. The first-order valence-corrected chi connectivity index (χ1v) is 24.3. The molecule has 0 spiro atoms. The summed E-state index contributed by atoms with van der Waals surface area (Å²) in [4.78, 5) is 46.7. The second kappa shape index (κ2) is 23.5. The minimum absolute atomic E-state index is 0.00967. The number of anilines is 4. The molecule has 3 heterocycles. The summed E-state index contributed by atoms with van der Waals surface area (Å²) in [5.74, 6) is 1.48. The molecule has 6 rings (SSSR count). The van der Waals surface area contributed by atoms with Crippen molar-refractivity contribution in [3.8, 4) is 11.5 Å². The smallest absolute Gasteiger partial charge is 0.227 e. The van der Waals surface area contributed by atoms with Gasteiger partial charge in [0.1, 0.15) is 22.3 Å². The maximum atomic E-state index is 13.5. The van der Waals surface area contributed by atoms with Crippen molar-refractivity contribution >= 4 is 69.6 Å². The number of nitrogens with two attached hydrogens (primary N) is 2. The second-order valence-electron chi connectivity index (χ2n) is 18.2. The number of carbonyl (C=O) groups is 2. The number of ketones is 1. The van der Waals surface area contributed by atoms with Crippen molar-refractivity contribution in [1.82, 2.24) is 14.9 Å². The van der Waals surface area contributed by atoms with Crippen molar-refractivity contribution in [2.24, 2.45) is 28.0 Å². The Morgan fingerprint density at radius 2 is 1.68 bits per heavy atom. The highest BCUT2D eigenvalue weighted by Gasteiger charge is 2.30. The number of carbonyl (C=O) groups excluding carboxylic acids is 2. The highest BCUT2D eigenvalue weighted by molar-refractivity contribution is 7.99. The number of piperidine rings is 2. The highest BCUT2D eigenvalue weighted by Crippen LogP contribution is 2.41. The van der Waals surface area contributed by atoms with E-state index in [-0.39, 0.29) is 46.3 Å². The molecule has 0 unspecified atom stereocenters. The molecule has 2 saturated heterocycles. The van der Waals surface area contributed by atoms with Gasteiger partial charge in [-0.15, -0.1) is 0 Å². The monoisotopic (exact) mass is 939 g/mol. The van der Waals surface area contributed by atoms with Gasteiger partial charge in [-0.25, -0.2) is 9.97 Å². The third-order valence-electron chi connectivity index (χ3n) is 13.0. The van der Waals surface area contributed by atoms with Crippen LogP contribution in [0.5, 0.6) is 11.5 Å². The number of phenols is 2. The molecule has 0 radical (unpaired) electrons. The van der Waals surface area contributed by atoms with Crippen LogP contribution < -0.4 is 26.6 Å². The van der Waals surface area contributed by atoms with E-state index < -0.39 is 0 Å². The zero-order valence-electron chi connectivity index (χ0n) is 40.0. The Morgan fingerprint density at radius 3 is 2.23 bits per heavy atom. The molecule has 356 valence electrons. The summed E-state index contributed by atoms with van der Waals surface area (Å²) < 4.78 is 0. The molecule has 13 nitrogen and oxygen atoms in total. The van der Waals surface area contributed by atoms with Crippen molar-refractivity contribution in [2.45, 2.75) is 109 Å². The molecule has 0 saturated carbocycles. The summed E-state index contributed by atoms with van der Waals surface area (Å²) >= 11 is 8.16. The van der Waals surface area contributed by atoms with E-state index in [1.807, 2.05) is 50.2 Å². The zero-order valence-corrected chi connectivity index (χ0v) is 41.6. The molecule has 0 aliphatic carbocycles. The Kier molecular flexibility index (Phi) is 18.5. The third kappa shape index (κ3) is 13.0. The van der Waals surface area contributed by atoms with E-state index in [1.54, 1.807) is 23.2 Å². The molecule has 66 heavy (non-hydrogen) atoms. The Morgan fingerprint density at radius 1 is 1.03 bits per heavy atom. The summed E-state index contributed by atoms with van der Waals surface area (Å²) in [6.07, 6.45) is 7.76. The summed E-state index contributed by atoms with van der Waals surface area (Å²) in [5, 5.41) is 25.3. The van der Waals surface area contributed by atoms with Crippen molar-refractivity contribution in [2.75, 3.05) is 60.6 Å². The number of aromatic nitrogens is 2. The number of halogens is 1. The molecule has 2 fully saturated rings. The van der Waals surface area contributed by atoms with Crippen LogP contribution in [0.25, 0.3) is 5.70 Å². The number of phenolic OH excluding ortho intramolecular Hbond substituents is 2. The van der Waals surface area contributed by atoms with Crippen molar-refractivity contribution in [3.05, 3.63) is 89.1 Å². The number of hydrogen-bond acceptors (Lipinski definition) is 12. The van der Waals surface area contributed by atoms with Crippen LogP contribution in [0.4, 0.5) is 23.0 Å². The van der Waals surface area contributed by atoms with E-state index in [0.29, 0.717) is 74.9 Å². The summed E-state index contributed by atoms with van der Waals surface area (Å²) in [5.41, 5.74) is 16.1. The van der Waals surface area contributed by atoms with Crippen LogP contribution in [0.3, 0.4) is 0 Å². The van der Waals surface area contributed by atoms with Gasteiger partial charge in [-0.1, -0.05) is 103 Å². The average Bonchev–Trinajstić information content (AvgIpc) is 3.30. The average molecular weight is 941 g/mol. The van der Waals surface area contributed by atoms with Crippen LogP contribution in [0, 0.1) is 17.3 Å². The number of Topliss-reactive ketones (excluding diaryl/α,β-unsaturated/α-hetero) is 1. The lowest BCUT2D eigenvalue weighted by Gasteiger charge is -2.39. The SMILES string of the molecule is C=C(c1cc(C(C)C)c(O)cc1O)N(C(=NC)C(C)=O)c1ccc(CN2CCC(C(=O)Nc3cccc(Sc4ncc(N5CCC(C)(CN)CC5)nc4N)c3Cl)CC2)cc1.CCC(C)CC. The molecule has 2 aliphatic heterocycles. The fraction of sp³-hybridized carbons (Fsp3) is 0.471. The molecule has 15 heteroatoms. The summed E-state index contributed by atoms with van der Waals surface area (Å²) in [7, 11) is 1.54. The van der Waals surface area contributed by atoms with Gasteiger partial charge >= 0.3 is 0 Å². The second-order valence-corrected chi connectivity index (χ2v) is 19.6. The first-order chi connectivity index (χ1) is 31.4. The van der Waals surface area contributed by atoms with Gasteiger partial charge in [0.05, 0.1) is 22.6 Å². The number of rotatable bonds is 15. The summed E-state index contributed by atoms with van der Waals surface area (Å²) in [6, 6.07) is 16.3. The van der Waals surface area contributed by atoms with Crippen molar-refractivity contribution in [3.63, 3.8) is 0 Å². The number of amides is 1. The summed E-state index contributed by atoms with van der Waals surface area (Å²) in [6.45, 7) is 23.0. The van der Waals surface area contributed by atoms with Crippen LogP contribution in [0.2, 0.25) is 5.02 Å². The molecule has 4 aromatic rings. The number of hydrogen-bond donors (Lipinski definition) is 5. The number of nitrogens with zero attached hydrogens (tertiary/aromatic N) is 6. The lowest BCUT2D eigenvalue weighted by Crippen LogP contribution is -2.42. The first-order valence-electron chi connectivity index (χ1n) is 23.1. The fourth-order valence-electron chi connectivity index (χ4n) is 8.00. The van der Waals surface area contributed by atoms with E-state index >= 15 is 0 Å². The number of nitrogen functional groups attached to an aromatic ring is 1. The predicted molar refractivity (Wildman–Crippen MR) is 273 cm³/mol. The number of likely N-dealkylation sites (tertiary alicyclic amines) is 1. The topological polar surface area (TPSA) is 187 Å². The molecular formula is C51H70ClN9O4S. The van der Waals surface area contributed by atoms with Gasteiger partial charge in [-0.2, -0.15) is 0 Å². The first kappa shape index (κ1) is 51.8.